The highest BCUT2D eigenvalue weighted by atomic mass is 19.1. The first kappa shape index (κ1) is 17.4. The number of ketones is 1. The number of rotatable bonds is 2. The molecule has 1 aromatic carbocycles. The number of benzene rings is 1. The molecule has 0 spiro atoms. The summed E-state index contributed by atoms with van der Waals surface area (Å²) in [5, 5.41) is 3.23. The Hall–Kier alpha value is -2.43. The van der Waals surface area contributed by atoms with Gasteiger partial charge in [-0.2, -0.15) is 0 Å². The minimum atomic E-state index is -0.490. The summed E-state index contributed by atoms with van der Waals surface area (Å²) in [7, 11) is 1.32. The van der Waals surface area contributed by atoms with Gasteiger partial charge in [-0.05, 0) is 30.0 Å². The van der Waals surface area contributed by atoms with Crippen LogP contribution in [0.15, 0.2) is 47.3 Å². The third kappa shape index (κ3) is 3.11. The number of hydrogen-bond donors (Lipinski definition) is 1. The van der Waals surface area contributed by atoms with Crippen molar-refractivity contribution in [1.29, 1.82) is 0 Å². The van der Waals surface area contributed by atoms with Crippen molar-refractivity contribution >= 4 is 11.8 Å². The van der Waals surface area contributed by atoms with Crippen molar-refractivity contribution in [3.63, 3.8) is 0 Å². The van der Waals surface area contributed by atoms with E-state index in [1.54, 1.807) is 19.1 Å². The molecule has 1 aliphatic heterocycles. The number of carbonyl (C=O) groups excluding carboxylic acids is 2. The molecule has 2 aliphatic rings. The van der Waals surface area contributed by atoms with E-state index in [9.17, 15) is 14.0 Å². The minimum absolute atomic E-state index is 0.0678. The molecule has 25 heavy (non-hydrogen) atoms. The maximum Gasteiger partial charge on any atom is 0.336 e. The van der Waals surface area contributed by atoms with Crippen molar-refractivity contribution in [2.45, 2.75) is 33.1 Å². The SMILES string of the molecule is COC(=O)C1=C(C)NC2=CC(C)(C)CC(=O)C2C1c1ccc(F)cc1. The van der Waals surface area contributed by atoms with E-state index in [1.807, 2.05) is 13.8 Å². The number of allylic oxidation sites excluding steroid dienone is 3. The second-order valence-electron chi connectivity index (χ2n) is 7.39. The van der Waals surface area contributed by atoms with Crippen LogP contribution in [0.25, 0.3) is 0 Å². The minimum Gasteiger partial charge on any atom is -0.466 e. The van der Waals surface area contributed by atoms with Crippen molar-refractivity contribution in [2.24, 2.45) is 11.3 Å². The Kier molecular flexibility index (Phi) is 4.27. The molecule has 1 N–H and O–H groups in total. The monoisotopic (exact) mass is 343 g/mol. The number of hydrogen-bond acceptors (Lipinski definition) is 4. The zero-order valence-corrected chi connectivity index (χ0v) is 14.9. The standard InChI is InChI=1S/C20H22FNO3/c1-11-16(19(24)25-4)17(12-5-7-13(21)8-6-12)18-14(22-11)9-20(2,3)10-15(18)23/h5-9,17-18,22H,10H2,1-4H3. The lowest BCUT2D eigenvalue weighted by Gasteiger charge is -2.41. The smallest absolute Gasteiger partial charge is 0.336 e. The fourth-order valence-electron chi connectivity index (χ4n) is 3.88. The Morgan fingerprint density at radius 1 is 1.24 bits per heavy atom. The summed E-state index contributed by atoms with van der Waals surface area (Å²) in [5.41, 5.74) is 2.37. The number of fused-ring (bicyclic) bond motifs is 1. The Morgan fingerprint density at radius 2 is 1.88 bits per heavy atom. The summed E-state index contributed by atoms with van der Waals surface area (Å²) in [6, 6.07) is 5.96. The summed E-state index contributed by atoms with van der Waals surface area (Å²) in [6.07, 6.45) is 2.46. The molecule has 2 atom stereocenters. The van der Waals surface area contributed by atoms with E-state index in [0.717, 1.165) is 11.3 Å². The molecule has 0 saturated heterocycles. The third-order valence-electron chi connectivity index (χ3n) is 4.87. The molecule has 4 nitrogen and oxygen atoms in total. The lowest BCUT2D eigenvalue weighted by atomic mass is 9.66. The van der Waals surface area contributed by atoms with Crippen LogP contribution < -0.4 is 5.32 Å². The van der Waals surface area contributed by atoms with Gasteiger partial charge in [-0.3, -0.25) is 4.79 Å². The van der Waals surface area contributed by atoms with Crippen LogP contribution in [0, 0.1) is 17.2 Å². The zero-order valence-electron chi connectivity index (χ0n) is 14.9. The summed E-state index contributed by atoms with van der Waals surface area (Å²) in [6.45, 7) is 5.82. The number of halogens is 1. The van der Waals surface area contributed by atoms with Crippen LogP contribution in [-0.2, 0) is 14.3 Å². The van der Waals surface area contributed by atoms with Crippen LogP contribution in [0.5, 0.6) is 0 Å². The van der Waals surface area contributed by atoms with Gasteiger partial charge < -0.3 is 10.1 Å². The van der Waals surface area contributed by atoms with Crippen LogP contribution in [0.3, 0.4) is 0 Å². The van der Waals surface area contributed by atoms with Crippen molar-refractivity contribution in [3.05, 3.63) is 58.7 Å². The van der Waals surface area contributed by atoms with E-state index >= 15 is 0 Å². The van der Waals surface area contributed by atoms with E-state index in [4.69, 9.17) is 4.74 Å². The van der Waals surface area contributed by atoms with Gasteiger partial charge >= 0.3 is 5.97 Å². The molecule has 0 saturated carbocycles. The summed E-state index contributed by atoms with van der Waals surface area (Å²) in [4.78, 5) is 25.3. The number of methoxy groups -OCH3 is 1. The molecule has 1 aliphatic carbocycles. The summed E-state index contributed by atoms with van der Waals surface area (Å²) < 4.78 is 18.3. The van der Waals surface area contributed by atoms with Gasteiger partial charge in [-0.15, -0.1) is 0 Å². The summed E-state index contributed by atoms with van der Waals surface area (Å²) >= 11 is 0. The molecular formula is C20H22FNO3. The number of Topliss-reactive ketones (excluding diaryl/α,β-unsaturated/α-hetero) is 1. The summed E-state index contributed by atoms with van der Waals surface area (Å²) in [5.74, 6) is -1.74. The molecule has 0 amide bonds. The van der Waals surface area contributed by atoms with Gasteiger partial charge in [-0.1, -0.05) is 32.1 Å². The first-order valence-corrected chi connectivity index (χ1v) is 8.30. The Morgan fingerprint density at radius 3 is 2.48 bits per heavy atom. The highest BCUT2D eigenvalue weighted by molar-refractivity contribution is 5.96. The highest BCUT2D eigenvalue weighted by Crippen LogP contribution is 2.46. The fourth-order valence-corrected chi connectivity index (χ4v) is 3.88. The average Bonchev–Trinajstić information content (AvgIpc) is 2.52. The van der Waals surface area contributed by atoms with E-state index in [2.05, 4.69) is 11.4 Å². The van der Waals surface area contributed by atoms with Gasteiger partial charge in [0.05, 0.1) is 18.6 Å². The van der Waals surface area contributed by atoms with E-state index < -0.39 is 17.8 Å². The van der Waals surface area contributed by atoms with E-state index in [1.165, 1.54) is 19.2 Å². The number of esters is 1. The van der Waals surface area contributed by atoms with Gasteiger partial charge in [-0.25, -0.2) is 9.18 Å². The Labute approximate surface area is 146 Å². The van der Waals surface area contributed by atoms with Crippen LogP contribution in [0.4, 0.5) is 4.39 Å². The van der Waals surface area contributed by atoms with Crippen molar-refractivity contribution in [2.75, 3.05) is 7.11 Å². The van der Waals surface area contributed by atoms with Crippen LogP contribution >= 0.6 is 0 Å². The second-order valence-corrected chi connectivity index (χ2v) is 7.39. The van der Waals surface area contributed by atoms with Gasteiger partial charge in [0.25, 0.3) is 0 Å². The average molecular weight is 343 g/mol. The molecule has 0 radical (unpaired) electrons. The number of ether oxygens (including phenoxy) is 1. The maximum absolute atomic E-state index is 13.4. The number of nitrogens with one attached hydrogen (secondary N) is 1. The second kappa shape index (κ2) is 6.14. The van der Waals surface area contributed by atoms with Gasteiger partial charge in [0, 0.05) is 23.7 Å². The van der Waals surface area contributed by atoms with Gasteiger partial charge in [0.1, 0.15) is 11.6 Å². The van der Waals surface area contributed by atoms with Crippen molar-refractivity contribution in [3.8, 4) is 0 Å². The Balaban J connectivity index is 2.20. The highest BCUT2D eigenvalue weighted by Gasteiger charge is 2.46. The lowest BCUT2D eigenvalue weighted by Crippen LogP contribution is -2.43. The van der Waals surface area contributed by atoms with Crippen LogP contribution in [0.1, 0.15) is 38.7 Å². The molecule has 2 unspecified atom stereocenters. The van der Waals surface area contributed by atoms with Crippen LogP contribution in [-0.4, -0.2) is 18.9 Å². The van der Waals surface area contributed by atoms with Crippen molar-refractivity contribution in [1.82, 2.24) is 5.32 Å². The van der Waals surface area contributed by atoms with Crippen molar-refractivity contribution < 1.29 is 18.7 Å². The first-order valence-electron chi connectivity index (χ1n) is 8.30. The largest absolute Gasteiger partial charge is 0.466 e. The van der Waals surface area contributed by atoms with E-state index in [0.29, 0.717) is 17.7 Å². The van der Waals surface area contributed by atoms with E-state index in [-0.39, 0.29) is 17.0 Å². The Bertz CT molecular complexity index is 790. The molecule has 0 bridgehead atoms. The maximum atomic E-state index is 13.4. The molecule has 5 heteroatoms. The lowest BCUT2D eigenvalue weighted by molar-refractivity contribution is -0.136. The fraction of sp³-hybridized carbons (Fsp3) is 0.400. The predicted octanol–water partition coefficient (Wildman–Crippen LogP) is 3.46. The normalized spacial score (nSPS) is 25.0. The quantitative estimate of drug-likeness (QED) is 0.836. The molecule has 0 aromatic heterocycles. The zero-order chi connectivity index (χ0) is 18.4. The topological polar surface area (TPSA) is 55.4 Å². The molecule has 1 aromatic rings. The van der Waals surface area contributed by atoms with Gasteiger partial charge in [0.15, 0.2) is 0 Å². The molecule has 132 valence electrons. The molecular weight excluding hydrogens is 321 g/mol. The third-order valence-corrected chi connectivity index (χ3v) is 4.87. The number of carbonyl (C=O) groups is 2. The molecule has 1 heterocycles. The molecule has 0 fully saturated rings. The molecule has 3 rings (SSSR count). The first-order chi connectivity index (χ1) is 11.7. The van der Waals surface area contributed by atoms with Crippen LogP contribution in [0.2, 0.25) is 0 Å². The van der Waals surface area contributed by atoms with Gasteiger partial charge in [0.2, 0.25) is 0 Å². The predicted molar refractivity (Wildman–Crippen MR) is 92.0 cm³/mol.